The molecule has 0 aromatic rings. The highest BCUT2D eigenvalue weighted by Gasteiger charge is 2.21. The van der Waals surface area contributed by atoms with Crippen LogP contribution in [-0.4, -0.2) is 61.3 Å². The van der Waals surface area contributed by atoms with Crippen LogP contribution in [0, 0.1) is 0 Å². The molecule has 1 aliphatic heterocycles. The summed E-state index contributed by atoms with van der Waals surface area (Å²) >= 11 is 1.90. The topological polar surface area (TPSA) is 24.5 Å². The van der Waals surface area contributed by atoms with Crippen LogP contribution < -0.4 is 5.32 Å². The fraction of sp³-hybridized carbons (Fsp3) is 1.00. The average Bonchev–Trinajstić information content (AvgIpc) is 2.29. The van der Waals surface area contributed by atoms with E-state index in [1.165, 1.54) is 0 Å². The van der Waals surface area contributed by atoms with Crippen LogP contribution in [-0.2, 0) is 4.74 Å². The van der Waals surface area contributed by atoms with Crippen molar-refractivity contribution in [3.63, 3.8) is 0 Å². The summed E-state index contributed by atoms with van der Waals surface area (Å²) in [5, 5.41) is 4.18. The number of hydrogen-bond donors (Lipinski definition) is 1. The predicted molar refractivity (Wildman–Crippen MR) is 72.3 cm³/mol. The molecular formula is C12H26N2OS. The minimum absolute atomic E-state index is 0.366. The molecule has 0 saturated carbocycles. The average molecular weight is 246 g/mol. The summed E-state index contributed by atoms with van der Waals surface area (Å²) < 4.78 is 5.76. The molecule has 1 saturated heterocycles. The summed E-state index contributed by atoms with van der Waals surface area (Å²) in [6.07, 6.45) is 2.52. The Labute approximate surface area is 104 Å². The molecule has 2 atom stereocenters. The first-order valence-electron chi connectivity index (χ1n) is 6.22. The van der Waals surface area contributed by atoms with E-state index in [1.807, 2.05) is 11.8 Å². The Balaban J connectivity index is 2.17. The molecule has 0 aromatic carbocycles. The minimum Gasteiger partial charge on any atom is -0.374 e. The van der Waals surface area contributed by atoms with Gasteiger partial charge in [-0.05, 0) is 20.1 Å². The maximum atomic E-state index is 5.76. The van der Waals surface area contributed by atoms with Crippen LogP contribution in [0.15, 0.2) is 0 Å². The van der Waals surface area contributed by atoms with Crippen molar-refractivity contribution in [3.8, 4) is 0 Å². The van der Waals surface area contributed by atoms with Gasteiger partial charge in [0.25, 0.3) is 0 Å². The normalized spacial score (nSPS) is 24.9. The number of ether oxygens (including phenoxy) is 1. The molecule has 0 aromatic heterocycles. The van der Waals surface area contributed by atoms with Crippen molar-refractivity contribution < 1.29 is 4.74 Å². The molecule has 96 valence electrons. The minimum atomic E-state index is 0.366. The Morgan fingerprint density at radius 3 is 2.81 bits per heavy atom. The van der Waals surface area contributed by atoms with Gasteiger partial charge in [-0.3, -0.25) is 4.90 Å². The van der Waals surface area contributed by atoms with Gasteiger partial charge in [-0.2, -0.15) is 11.8 Å². The third-order valence-electron chi connectivity index (χ3n) is 3.11. The van der Waals surface area contributed by atoms with Crippen molar-refractivity contribution in [3.05, 3.63) is 0 Å². The lowest BCUT2D eigenvalue weighted by atomic mass is 10.2. The molecule has 2 unspecified atom stereocenters. The fourth-order valence-corrected chi connectivity index (χ4v) is 2.15. The molecule has 4 heteroatoms. The van der Waals surface area contributed by atoms with E-state index < -0.39 is 0 Å². The van der Waals surface area contributed by atoms with Crippen LogP contribution in [0.1, 0.15) is 20.8 Å². The second-order valence-corrected chi connectivity index (χ2v) is 6.06. The van der Waals surface area contributed by atoms with Crippen molar-refractivity contribution in [1.82, 2.24) is 10.2 Å². The smallest absolute Gasteiger partial charge is 0.0826 e. The highest BCUT2D eigenvalue weighted by Crippen LogP contribution is 2.08. The molecule has 3 nitrogen and oxygen atoms in total. The zero-order valence-corrected chi connectivity index (χ0v) is 11.8. The first-order valence-corrected chi connectivity index (χ1v) is 7.51. The molecule has 0 radical (unpaired) electrons. The molecule has 0 amide bonds. The number of hydrogen-bond acceptors (Lipinski definition) is 4. The Kier molecular flexibility index (Phi) is 6.73. The summed E-state index contributed by atoms with van der Waals surface area (Å²) in [6, 6.07) is 0.636. The van der Waals surface area contributed by atoms with Crippen molar-refractivity contribution in [2.45, 2.75) is 38.2 Å². The van der Waals surface area contributed by atoms with Gasteiger partial charge in [0.15, 0.2) is 0 Å². The molecule has 0 spiro atoms. The van der Waals surface area contributed by atoms with E-state index in [9.17, 15) is 0 Å². The quantitative estimate of drug-likeness (QED) is 0.766. The monoisotopic (exact) mass is 246 g/mol. The number of nitrogens with zero attached hydrogens (tertiary/aromatic N) is 1. The molecule has 1 heterocycles. The van der Waals surface area contributed by atoms with Crippen molar-refractivity contribution in [2.75, 3.05) is 39.0 Å². The molecule has 16 heavy (non-hydrogen) atoms. The lowest BCUT2D eigenvalue weighted by Crippen LogP contribution is -2.49. The lowest BCUT2D eigenvalue weighted by molar-refractivity contribution is -0.0370. The Morgan fingerprint density at radius 1 is 1.44 bits per heavy atom. The lowest BCUT2D eigenvalue weighted by Gasteiger charge is -2.35. The molecule has 1 N–H and O–H groups in total. The van der Waals surface area contributed by atoms with E-state index in [1.54, 1.807) is 0 Å². The summed E-state index contributed by atoms with van der Waals surface area (Å²) in [6.45, 7) is 11.8. The molecule has 0 aliphatic carbocycles. The first-order chi connectivity index (χ1) is 7.63. The van der Waals surface area contributed by atoms with Gasteiger partial charge in [-0.1, -0.05) is 6.92 Å². The maximum absolute atomic E-state index is 5.76. The highest BCUT2D eigenvalue weighted by molar-refractivity contribution is 7.99. The van der Waals surface area contributed by atoms with E-state index in [0.29, 0.717) is 17.4 Å². The van der Waals surface area contributed by atoms with Gasteiger partial charge in [0.1, 0.15) is 0 Å². The first kappa shape index (κ1) is 14.3. The van der Waals surface area contributed by atoms with Crippen LogP contribution in [0.4, 0.5) is 0 Å². The van der Waals surface area contributed by atoms with Crippen LogP contribution in [0.5, 0.6) is 0 Å². The third-order valence-corrected chi connectivity index (χ3v) is 4.08. The van der Waals surface area contributed by atoms with E-state index >= 15 is 0 Å². The zero-order chi connectivity index (χ0) is 12.0. The summed E-state index contributed by atoms with van der Waals surface area (Å²) in [5.74, 6) is 0. The van der Waals surface area contributed by atoms with Crippen molar-refractivity contribution >= 4 is 11.8 Å². The predicted octanol–water partition coefficient (Wildman–Crippen LogP) is 1.44. The number of nitrogens with one attached hydrogen (secondary N) is 1. The SMILES string of the molecule is CSC(C)CNCC1CN(C(C)C)CCO1. The fourth-order valence-electron chi connectivity index (χ4n) is 1.87. The van der Waals surface area contributed by atoms with Crippen molar-refractivity contribution in [2.24, 2.45) is 0 Å². The van der Waals surface area contributed by atoms with Gasteiger partial charge < -0.3 is 10.1 Å². The van der Waals surface area contributed by atoms with E-state index in [0.717, 1.165) is 32.8 Å². The number of thioether (sulfide) groups is 1. The molecule has 1 aliphatic rings. The third kappa shape index (κ3) is 5.04. The molecule has 1 rings (SSSR count). The van der Waals surface area contributed by atoms with Gasteiger partial charge in [0, 0.05) is 37.5 Å². The van der Waals surface area contributed by atoms with E-state index in [4.69, 9.17) is 4.74 Å². The second-order valence-electron chi connectivity index (χ2n) is 4.79. The van der Waals surface area contributed by atoms with E-state index in [-0.39, 0.29) is 0 Å². The van der Waals surface area contributed by atoms with Crippen LogP contribution in [0.3, 0.4) is 0 Å². The summed E-state index contributed by atoms with van der Waals surface area (Å²) in [4.78, 5) is 2.49. The standard InChI is InChI=1S/C12H26N2OS/c1-10(2)14-5-6-15-12(9-14)8-13-7-11(3)16-4/h10-13H,5-9H2,1-4H3. The largest absolute Gasteiger partial charge is 0.374 e. The number of rotatable bonds is 6. The molecular weight excluding hydrogens is 220 g/mol. The van der Waals surface area contributed by atoms with E-state index in [2.05, 4.69) is 37.2 Å². The maximum Gasteiger partial charge on any atom is 0.0826 e. The second kappa shape index (κ2) is 7.54. The molecule has 1 fully saturated rings. The van der Waals surface area contributed by atoms with Crippen LogP contribution in [0.25, 0.3) is 0 Å². The summed E-state index contributed by atoms with van der Waals surface area (Å²) in [7, 11) is 0. The van der Waals surface area contributed by atoms with Gasteiger partial charge in [-0.15, -0.1) is 0 Å². The summed E-state index contributed by atoms with van der Waals surface area (Å²) in [5.41, 5.74) is 0. The Bertz CT molecular complexity index is 190. The van der Waals surface area contributed by atoms with Gasteiger partial charge >= 0.3 is 0 Å². The van der Waals surface area contributed by atoms with Gasteiger partial charge in [0.05, 0.1) is 12.7 Å². The Morgan fingerprint density at radius 2 is 2.19 bits per heavy atom. The Hall–Kier alpha value is 0.230. The zero-order valence-electron chi connectivity index (χ0n) is 11.0. The van der Waals surface area contributed by atoms with Gasteiger partial charge in [-0.25, -0.2) is 0 Å². The highest BCUT2D eigenvalue weighted by atomic mass is 32.2. The number of morpholine rings is 1. The van der Waals surface area contributed by atoms with Crippen LogP contribution in [0.2, 0.25) is 0 Å². The van der Waals surface area contributed by atoms with Gasteiger partial charge in [0.2, 0.25) is 0 Å². The molecule has 0 bridgehead atoms. The van der Waals surface area contributed by atoms with Crippen molar-refractivity contribution in [1.29, 1.82) is 0 Å². The van der Waals surface area contributed by atoms with Crippen LogP contribution >= 0.6 is 11.8 Å².